The van der Waals surface area contributed by atoms with E-state index in [1.807, 2.05) is 30.5 Å². The monoisotopic (exact) mass is 481 g/mol. The van der Waals surface area contributed by atoms with Crippen molar-refractivity contribution in [2.75, 3.05) is 25.0 Å². The average Bonchev–Trinajstić information content (AvgIpc) is 3.34. The van der Waals surface area contributed by atoms with Gasteiger partial charge in [0.25, 0.3) is 0 Å². The molecular formula is C26H28FN3O3S. The van der Waals surface area contributed by atoms with Gasteiger partial charge < -0.3 is 19.9 Å². The van der Waals surface area contributed by atoms with Gasteiger partial charge in [0.1, 0.15) is 18.1 Å². The molecule has 0 bridgehead atoms. The smallest absolute Gasteiger partial charge is 0.322 e. The van der Waals surface area contributed by atoms with Gasteiger partial charge in [0.05, 0.1) is 18.8 Å². The number of nitrogens with one attached hydrogen (secondary N) is 1. The number of amides is 3. The highest BCUT2D eigenvalue weighted by Crippen LogP contribution is 2.24. The van der Waals surface area contributed by atoms with Crippen molar-refractivity contribution in [3.8, 4) is 5.75 Å². The van der Waals surface area contributed by atoms with Crippen LogP contribution in [-0.2, 0) is 17.9 Å². The molecule has 0 fully saturated rings. The Morgan fingerprint density at radius 3 is 2.50 bits per heavy atom. The third-order valence-corrected chi connectivity index (χ3v) is 5.82. The van der Waals surface area contributed by atoms with Crippen LogP contribution >= 0.6 is 11.3 Å². The topological polar surface area (TPSA) is 61.9 Å². The van der Waals surface area contributed by atoms with E-state index in [0.29, 0.717) is 31.1 Å². The van der Waals surface area contributed by atoms with Crippen LogP contribution in [0, 0.1) is 5.82 Å². The van der Waals surface area contributed by atoms with E-state index in [-0.39, 0.29) is 24.8 Å². The summed E-state index contributed by atoms with van der Waals surface area (Å²) in [5.41, 5.74) is 1.33. The molecule has 178 valence electrons. The molecule has 8 heteroatoms. The highest BCUT2D eigenvalue weighted by Gasteiger charge is 2.22. The van der Waals surface area contributed by atoms with Crippen molar-refractivity contribution in [1.29, 1.82) is 0 Å². The molecule has 0 unspecified atom stereocenters. The Morgan fingerprint density at radius 2 is 1.82 bits per heavy atom. The molecular weight excluding hydrogens is 453 g/mol. The Labute approximate surface area is 203 Å². The van der Waals surface area contributed by atoms with Gasteiger partial charge >= 0.3 is 6.03 Å². The summed E-state index contributed by atoms with van der Waals surface area (Å²) >= 11 is 1.55. The number of thiophene rings is 1. The molecule has 3 amide bonds. The minimum atomic E-state index is -0.432. The molecule has 0 radical (unpaired) electrons. The summed E-state index contributed by atoms with van der Waals surface area (Å²) < 4.78 is 18.9. The summed E-state index contributed by atoms with van der Waals surface area (Å²) in [5.74, 6) is -0.00674. The normalized spacial score (nSPS) is 10.4. The van der Waals surface area contributed by atoms with Gasteiger partial charge in [-0.3, -0.25) is 4.79 Å². The number of para-hydroxylation sites is 2. The Hall–Kier alpha value is -3.65. The Balaban J connectivity index is 1.75. The molecule has 2 aromatic carbocycles. The molecule has 3 rings (SSSR count). The molecule has 0 atom stereocenters. The van der Waals surface area contributed by atoms with Gasteiger partial charge in [0.15, 0.2) is 0 Å². The molecule has 0 aliphatic rings. The number of urea groups is 1. The van der Waals surface area contributed by atoms with Gasteiger partial charge in [0.2, 0.25) is 5.91 Å². The largest absolute Gasteiger partial charge is 0.492 e. The zero-order valence-electron chi connectivity index (χ0n) is 19.1. The average molecular weight is 482 g/mol. The summed E-state index contributed by atoms with van der Waals surface area (Å²) in [4.78, 5) is 30.4. The minimum absolute atomic E-state index is 0.138. The number of carbonyl (C=O) groups is 2. The molecule has 3 aromatic rings. The number of benzene rings is 2. The van der Waals surface area contributed by atoms with Crippen LogP contribution in [0.15, 0.2) is 78.7 Å². The number of anilines is 1. The van der Waals surface area contributed by atoms with E-state index in [1.54, 1.807) is 52.6 Å². The van der Waals surface area contributed by atoms with Crippen molar-refractivity contribution >= 4 is 29.0 Å². The van der Waals surface area contributed by atoms with E-state index >= 15 is 0 Å². The number of carbonyl (C=O) groups excluding carboxylic acids is 2. The summed E-state index contributed by atoms with van der Waals surface area (Å²) in [5, 5.41) is 4.78. The first-order chi connectivity index (χ1) is 16.5. The van der Waals surface area contributed by atoms with Crippen LogP contribution in [0.1, 0.15) is 17.4 Å². The van der Waals surface area contributed by atoms with E-state index in [0.717, 1.165) is 10.4 Å². The third kappa shape index (κ3) is 7.18. The second-order valence-corrected chi connectivity index (χ2v) is 8.52. The fourth-order valence-electron chi connectivity index (χ4n) is 3.32. The van der Waals surface area contributed by atoms with Crippen molar-refractivity contribution in [1.82, 2.24) is 9.80 Å². The SMILES string of the molecule is C=CCN(CC(=O)N(Cc1ccc(F)cc1)Cc1cccs1)C(=O)Nc1ccccc1OCC. The molecule has 6 nitrogen and oxygen atoms in total. The predicted molar refractivity (Wildman–Crippen MR) is 133 cm³/mol. The van der Waals surface area contributed by atoms with Gasteiger partial charge in [-0.25, -0.2) is 9.18 Å². The number of hydrogen-bond acceptors (Lipinski definition) is 4. The molecule has 0 spiro atoms. The molecule has 0 aliphatic carbocycles. The van der Waals surface area contributed by atoms with Gasteiger partial charge in [-0.1, -0.05) is 36.4 Å². The van der Waals surface area contributed by atoms with Crippen LogP contribution in [0.25, 0.3) is 0 Å². The van der Waals surface area contributed by atoms with Crippen LogP contribution in [-0.4, -0.2) is 41.4 Å². The van der Waals surface area contributed by atoms with E-state index < -0.39 is 6.03 Å². The summed E-state index contributed by atoms with van der Waals surface area (Å²) in [6, 6.07) is 16.6. The van der Waals surface area contributed by atoms with E-state index in [1.165, 1.54) is 17.0 Å². The van der Waals surface area contributed by atoms with Crippen LogP contribution in [0.4, 0.5) is 14.9 Å². The molecule has 1 heterocycles. The third-order valence-electron chi connectivity index (χ3n) is 4.96. The first kappa shape index (κ1) is 25.0. The zero-order valence-corrected chi connectivity index (χ0v) is 19.9. The van der Waals surface area contributed by atoms with Crippen LogP contribution in [0.3, 0.4) is 0 Å². The lowest BCUT2D eigenvalue weighted by molar-refractivity contribution is -0.132. The first-order valence-electron chi connectivity index (χ1n) is 10.9. The molecule has 0 saturated heterocycles. The second kappa shape index (κ2) is 12.6. The van der Waals surface area contributed by atoms with Crippen molar-refractivity contribution in [2.24, 2.45) is 0 Å². The lowest BCUT2D eigenvalue weighted by Gasteiger charge is -2.27. The maximum absolute atomic E-state index is 13.3. The Bertz CT molecular complexity index is 1090. The highest BCUT2D eigenvalue weighted by atomic mass is 32.1. The number of rotatable bonds is 11. The van der Waals surface area contributed by atoms with Gasteiger partial charge in [-0.15, -0.1) is 17.9 Å². The molecule has 0 saturated carbocycles. The summed E-state index contributed by atoms with van der Waals surface area (Å²) in [6.07, 6.45) is 1.57. The number of ether oxygens (including phenoxy) is 1. The van der Waals surface area contributed by atoms with Crippen molar-refractivity contribution in [3.05, 3.63) is 95.0 Å². The minimum Gasteiger partial charge on any atom is -0.492 e. The fourth-order valence-corrected chi connectivity index (χ4v) is 4.04. The first-order valence-corrected chi connectivity index (χ1v) is 11.8. The summed E-state index contributed by atoms with van der Waals surface area (Å²) in [6.45, 7) is 6.79. The lowest BCUT2D eigenvalue weighted by Crippen LogP contribution is -2.44. The fraction of sp³-hybridized carbons (Fsp3) is 0.231. The van der Waals surface area contributed by atoms with Crippen LogP contribution in [0.2, 0.25) is 0 Å². The number of hydrogen-bond donors (Lipinski definition) is 1. The molecule has 34 heavy (non-hydrogen) atoms. The van der Waals surface area contributed by atoms with Crippen molar-refractivity contribution in [2.45, 2.75) is 20.0 Å². The Kier molecular flexibility index (Phi) is 9.22. The van der Waals surface area contributed by atoms with Gasteiger partial charge in [0, 0.05) is 18.0 Å². The second-order valence-electron chi connectivity index (χ2n) is 7.48. The molecule has 0 aliphatic heterocycles. The van der Waals surface area contributed by atoms with Gasteiger partial charge in [-0.2, -0.15) is 0 Å². The maximum atomic E-state index is 13.3. The maximum Gasteiger partial charge on any atom is 0.322 e. The van der Waals surface area contributed by atoms with Crippen LogP contribution < -0.4 is 10.1 Å². The molecule has 1 N–H and O–H groups in total. The number of halogens is 1. The lowest BCUT2D eigenvalue weighted by atomic mass is 10.2. The van der Waals surface area contributed by atoms with E-state index in [9.17, 15) is 14.0 Å². The Morgan fingerprint density at radius 1 is 1.06 bits per heavy atom. The summed E-state index contributed by atoms with van der Waals surface area (Å²) in [7, 11) is 0. The standard InChI is InChI=1S/C26H28FN3O3S/c1-3-15-29(26(32)28-23-9-5-6-10-24(23)33-4-2)19-25(31)30(18-22-8-7-16-34-22)17-20-11-13-21(27)14-12-20/h3,5-14,16H,1,4,15,17-19H2,2H3,(H,28,32). The highest BCUT2D eigenvalue weighted by molar-refractivity contribution is 7.09. The van der Waals surface area contributed by atoms with E-state index in [2.05, 4.69) is 11.9 Å². The van der Waals surface area contributed by atoms with Gasteiger partial charge in [-0.05, 0) is 48.2 Å². The zero-order chi connectivity index (χ0) is 24.3. The quantitative estimate of drug-likeness (QED) is 0.366. The van der Waals surface area contributed by atoms with Crippen LogP contribution in [0.5, 0.6) is 5.75 Å². The molecule has 1 aromatic heterocycles. The van der Waals surface area contributed by atoms with Crippen molar-refractivity contribution in [3.63, 3.8) is 0 Å². The van der Waals surface area contributed by atoms with E-state index in [4.69, 9.17) is 4.74 Å². The van der Waals surface area contributed by atoms with Crippen molar-refractivity contribution < 1.29 is 18.7 Å². The predicted octanol–water partition coefficient (Wildman–Crippen LogP) is 5.53. The number of nitrogens with zero attached hydrogens (tertiary/aromatic N) is 2.